The van der Waals surface area contributed by atoms with Gasteiger partial charge in [-0.1, -0.05) is 11.6 Å². The van der Waals surface area contributed by atoms with E-state index in [2.05, 4.69) is 4.72 Å². The lowest BCUT2D eigenvalue weighted by atomic mass is 9.76. The third kappa shape index (κ3) is 4.82. The van der Waals surface area contributed by atoms with Crippen molar-refractivity contribution in [1.29, 1.82) is 0 Å². The van der Waals surface area contributed by atoms with Gasteiger partial charge in [0, 0.05) is 16.4 Å². The third-order valence-electron chi connectivity index (χ3n) is 4.32. The maximum atomic E-state index is 13.8. The molecule has 0 amide bonds. The van der Waals surface area contributed by atoms with E-state index < -0.39 is 39.7 Å². The number of hydrogen-bond donors (Lipinski definition) is 2. The van der Waals surface area contributed by atoms with Crippen molar-refractivity contribution in [2.45, 2.75) is 69.0 Å². The van der Waals surface area contributed by atoms with E-state index in [0.29, 0.717) is 5.56 Å². The number of nitrogens with one attached hydrogen (secondary N) is 1. The van der Waals surface area contributed by atoms with Gasteiger partial charge in [-0.25, -0.2) is 8.78 Å². The van der Waals surface area contributed by atoms with E-state index in [1.54, 1.807) is 26.8 Å². The predicted molar refractivity (Wildman–Crippen MR) is 93.5 cm³/mol. The molecule has 0 spiro atoms. The summed E-state index contributed by atoms with van der Waals surface area (Å²) < 4.78 is 42.2. The van der Waals surface area contributed by atoms with Gasteiger partial charge in [-0.2, -0.15) is 0 Å². The van der Waals surface area contributed by atoms with Gasteiger partial charge in [0.25, 0.3) is 0 Å². The number of benzene rings is 1. The second-order valence-electron chi connectivity index (χ2n) is 7.41. The largest absolute Gasteiger partial charge is 0.598 e. The monoisotopic (exact) mass is 379 g/mol. The van der Waals surface area contributed by atoms with Gasteiger partial charge in [0.15, 0.2) is 0 Å². The van der Waals surface area contributed by atoms with Crippen LogP contribution in [0.25, 0.3) is 0 Å². The highest BCUT2D eigenvalue weighted by Gasteiger charge is 2.45. The van der Waals surface area contributed by atoms with Crippen molar-refractivity contribution < 1.29 is 18.4 Å². The molecule has 24 heavy (non-hydrogen) atoms. The van der Waals surface area contributed by atoms with Gasteiger partial charge in [0.1, 0.15) is 22.8 Å². The van der Waals surface area contributed by atoms with Crippen LogP contribution in [0.5, 0.6) is 0 Å². The molecule has 0 bridgehead atoms. The molecule has 1 fully saturated rings. The maximum absolute atomic E-state index is 13.8. The lowest BCUT2D eigenvalue weighted by Crippen LogP contribution is -2.51. The minimum Gasteiger partial charge on any atom is -0.598 e. The van der Waals surface area contributed by atoms with Gasteiger partial charge >= 0.3 is 0 Å². The van der Waals surface area contributed by atoms with E-state index in [1.807, 2.05) is 0 Å². The number of rotatable bonds is 4. The second kappa shape index (κ2) is 7.46. The van der Waals surface area contributed by atoms with Crippen LogP contribution in [0, 0.1) is 5.82 Å². The Hall–Kier alpha value is -0.400. The van der Waals surface area contributed by atoms with Crippen molar-refractivity contribution in [3.8, 4) is 0 Å². The van der Waals surface area contributed by atoms with Gasteiger partial charge in [0.2, 0.25) is 0 Å². The van der Waals surface area contributed by atoms with Crippen LogP contribution in [-0.4, -0.2) is 26.2 Å². The Kier molecular flexibility index (Phi) is 6.19. The van der Waals surface area contributed by atoms with E-state index >= 15 is 0 Å². The molecule has 0 aliphatic heterocycles. The molecule has 2 atom stereocenters. The lowest BCUT2D eigenvalue weighted by Gasteiger charge is -2.41. The molecule has 1 aliphatic carbocycles. The van der Waals surface area contributed by atoms with Crippen molar-refractivity contribution >= 4 is 23.0 Å². The third-order valence-corrected chi connectivity index (χ3v) is 6.10. The van der Waals surface area contributed by atoms with Crippen molar-refractivity contribution in [1.82, 2.24) is 4.72 Å². The Morgan fingerprint density at radius 1 is 1.33 bits per heavy atom. The summed E-state index contributed by atoms with van der Waals surface area (Å²) in [7, 11) is 0. The van der Waals surface area contributed by atoms with Gasteiger partial charge in [0.05, 0.1) is 5.60 Å². The summed E-state index contributed by atoms with van der Waals surface area (Å²) in [5.41, 5.74) is -0.891. The summed E-state index contributed by atoms with van der Waals surface area (Å²) in [6.07, 6.45) is -0.0855. The molecule has 136 valence electrons. The predicted octanol–water partition coefficient (Wildman–Crippen LogP) is 4.22. The number of alkyl halides is 1. The van der Waals surface area contributed by atoms with E-state index in [1.165, 1.54) is 12.1 Å². The molecule has 2 rings (SSSR count). The van der Waals surface area contributed by atoms with Crippen molar-refractivity contribution in [3.63, 3.8) is 0 Å². The molecule has 7 heteroatoms. The summed E-state index contributed by atoms with van der Waals surface area (Å²) >= 11 is 4.46. The Labute approximate surface area is 150 Å². The van der Waals surface area contributed by atoms with Crippen LogP contribution in [0.4, 0.5) is 8.78 Å². The first-order chi connectivity index (χ1) is 11.0. The first-order valence-corrected chi connectivity index (χ1v) is 9.54. The SMILES string of the molecule is CC(C)(C)[S+]([O-])N[C@@H](c1cc(F)cc(Cl)c1)[C@]1(O)CC[C@@H](F)CC1. The lowest BCUT2D eigenvalue weighted by molar-refractivity contribution is -0.0408. The van der Waals surface area contributed by atoms with E-state index in [9.17, 15) is 18.4 Å². The van der Waals surface area contributed by atoms with Gasteiger partial charge in [-0.05, 0) is 70.2 Å². The number of halogens is 3. The van der Waals surface area contributed by atoms with Crippen LogP contribution < -0.4 is 4.72 Å². The highest BCUT2D eigenvalue weighted by molar-refractivity contribution is 7.90. The maximum Gasteiger partial charge on any atom is 0.136 e. The molecule has 0 heterocycles. The fourth-order valence-electron chi connectivity index (χ4n) is 2.88. The van der Waals surface area contributed by atoms with Crippen LogP contribution >= 0.6 is 11.6 Å². The van der Waals surface area contributed by atoms with Gasteiger partial charge in [-0.15, -0.1) is 4.72 Å². The highest BCUT2D eigenvalue weighted by atomic mass is 35.5. The van der Waals surface area contributed by atoms with Crippen LogP contribution in [0.3, 0.4) is 0 Å². The smallest absolute Gasteiger partial charge is 0.136 e. The zero-order valence-corrected chi connectivity index (χ0v) is 15.7. The van der Waals surface area contributed by atoms with E-state index in [4.69, 9.17) is 11.6 Å². The summed E-state index contributed by atoms with van der Waals surface area (Å²) in [4.78, 5) is 0. The van der Waals surface area contributed by atoms with Crippen LogP contribution in [-0.2, 0) is 11.4 Å². The fourth-order valence-corrected chi connectivity index (χ4v) is 4.04. The topological polar surface area (TPSA) is 55.3 Å². The van der Waals surface area contributed by atoms with Gasteiger partial charge < -0.3 is 9.66 Å². The molecule has 0 saturated heterocycles. The molecule has 0 aromatic heterocycles. The Morgan fingerprint density at radius 2 is 1.92 bits per heavy atom. The average Bonchev–Trinajstić information content (AvgIpc) is 2.45. The van der Waals surface area contributed by atoms with Crippen LogP contribution in [0.2, 0.25) is 5.02 Å². The molecular formula is C17H24ClF2NO2S. The fraction of sp³-hybridized carbons (Fsp3) is 0.647. The number of aliphatic hydroxyl groups is 1. The Bertz CT molecular complexity index is 554. The Morgan fingerprint density at radius 3 is 2.42 bits per heavy atom. The summed E-state index contributed by atoms with van der Waals surface area (Å²) in [5, 5.41) is 11.3. The van der Waals surface area contributed by atoms with E-state index in [0.717, 1.165) is 0 Å². The Balaban J connectivity index is 2.37. The van der Waals surface area contributed by atoms with E-state index in [-0.39, 0.29) is 30.7 Å². The zero-order valence-electron chi connectivity index (χ0n) is 14.1. The summed E-state index contributed by atoms with van der Waals surface area (Å²) in [5.74, 6) is -0.534. The van der Waals surface area contributed by atoms with Crippen molar-refractivity contribution in [2.75, 3.05) is 0 Å². The van der Waals surface area contributed by atoms with Crippen LogP contribution in [0.1, 0.15) is 58.1 Å². The first kappa shape index (κ1) is 19.9. The molecule has 2 N–H and O–H groups in total. The van der Waals surface area contributed by atoms with Gasteiger partial charge in [-0.3, -0.25) is 0 Å². The highest BCUT2D eigenvalue weighted by Crippen LogP contribution is 2.41. The minimum atomic E-state index is -1.49. The number of hydrogen-bond acceptors (Lipinski definition) is 3. The first-order valence-electron chi connectivity index (χ1n) is 8.02. The molecule has 3 nitrogen and oxygen atoms in total. The molecule has 1 aromatic rings. The average molecular weight is 380 g/mol. The molecule has 1 saturated carbocycles. The van der Waals surface area contributed by atoms with Crippen LogP contribution in [0.15, 0.2) is 18.2 Å². The molecule has 1 aromatic carbocycles. The van der Waals surface area contributed by atoms with Crippen molar-refractivity contribution in [2.24, 2.45) is 0 Å². The molecular weight excluding hydrogens is 356 g/mol. The minimum absolute atomic E-state index is 0.195. The molecule has 0 radical (unpaired) electrons. The molecule has 1 unspecified atom stereocenters. The summed E-state index contributed by atoms with van der Waals surface area (Å²) in [6.45, 7) is 5.40. The standard InChI is InChI=1S/C17H24ClF2NO2S/c1-16(2,3)24(23)21-15(11-8-12(18)10-14(20)9-11)17(22)6-4-13(19)5-7-17/h8-10,13,15,21-22H,4-7H2,1-3H3/t13-,15-,17+,24?/m0/s1. The zero-order chi connectivity index (χ0) is 18.1. The second-order valence-corrected chi connectivity index (χ2v) is 9.85. The quantitative estimate of drug-likeness (QED) is 0.770. The molecule has 1 aliphatic rings. The normalized spacial score (nSPS) is 27.8. The van der Waals surface area contributed by atoms with Crippen molar-refractivity contribution in [3.05, 3.63) is 34.6 Å². The summed E-state index contributed by atoms with van der Waals surface area (Å²) in [6, 6.07) is 3.19.